The molecule has 0 atom stereocenters. The number of nitrogens with zero attached hydrogens (tertiary/aromatic N) is 1. The highest BCUT2D eigenvalue weighted by Gasteiger charge is 2.21. The van der Waals surface area contributed by atoms with Gasteiger partial charge in [-0.2, -0.15) is 0 Å². The third-order valence-corrected chi connectivity index (χ3v) is 5.23. The number of para-hydroxylation sites is 1. The van der Waals surface area contributed by atoms with Crippen molar-refractivity contribution < 1.29 is 9.47 Å². The van der Waals surface area contributed by atoms with E-state index in [2.05, 4.69) is 16.0 Å². The van der Waals surface area contributed by atoms with Gasteiger partial charge >= 0.3 is 0 Å². The third-order valence-electron chi connectivity index (χ3n) is 5.23. The Morgan fingerprint density at radius 2 is 1.92 bits per heavy atom. The van der Waals surface area contributed by atoms with E-state index >= 15 is 0 Å². The van der Waals surface area contributed by atoms with Gasteiger partial charge in [-0.3, -0.25) is 9.69 Å². The summed E-state index contributed by atoms with van der Waals surface area (Å²) in [5, 5.41) is 0. The summed E-state index contributed by atoms with van der Waals surface area (Å²) in [6, 6.07) is 11.5. The van der Waals surface area contributed by atoms with Crippen LogP contribution in [0.3, 0.4) is 0 Å². The molecule has 0 radical (unpaired) electrons. The van der Waals surface area contributed by atoms with Gasteiger partial charge in [-0.15, -0.1) is 0 Å². The second kappa shape index (κ2) is 7.31. The van der Waals surface area contributed by atoms with E-state index in [0.717, 1.165) is 49.2 Å². The molecule has 1 aromatic heterocycles. The third kappa shape index (κ3) is 3.87. The number of benzene rings is 1. The Bertz CT molecular complexity index is 779. The minimum Gasteiger partial charge on any atom is -0.454 e. The van der Waals surface area contributed by atoms with E-state index in [1.54, 1.807) is 6.07 Å². The molecule has 0 aliphatic carbocycles. The second-order valence-electron chi connectivity index (χ2n) is 6.95. The number of fused-ring (bicyclic) bond motifs is 1. The first-order valence-electron chi connectivity index (χ1n) is 9.06. The van der Waals surface area contributed by atoms with Crippen LogP contribution in [0.1, 0.15) is 30.5 Å². The van der Waals surface area contributed by atoms with E-state index in [1.807, 2.05) is 24.3 Å². The Morgan fingerprint density at radius 1 is 1.08 bits per heavy atom. The predicted octanol–water partition coefficient (Wildman–Crippen LogP) is 2.95. The Hall–Kier alpha value is -2.27. The van der Waals surface area contributed by atoms with Crippen molar-refractivity contribution in [3.05, 3.63) is 58.0 Å². The molecule has 0 unspecified atom stereocenters. The topological polar surface area (TPSA) is 54.6 Å². The quantitative estimate of drug-likeness (QED) is 0.909. The average Bonchev–Trinajstić information content (AvgIpc) is 3.10. The van der Waals surface area contributed by atoms with Gasteiger partial charge in [0, 0.05) is 18.3 Å². The van der Waals surface area contributed by atoms with Gasteiger partial charge in [-0.05, 0) is 62.4 Å². The monoisotopic (exact) mass is 340 g/mol. The molecule has 1 aromatic carbocycles. The van der Waals surface area contributed by atoms with Gasteiger partial charge < -0.3 is 14.5 Å². The Labute approximate surface area is 147 Å². The van der Waals surface area contributed by atoms with Crippen LogP contribution in [0.25, 0.3) is 0 Å². The number of aromatic amines is 1. The molecular weight excluding hydrogens is 316 g/mol. The molecule has 2 aromatic rings. The number of piperidine rings is 1. The summed E-state index contributed by atoms with van der Waals surface area (Å²) in [7, 11) is 0. The highest BCUT2D eigenvalue weighted by atomic mass is 16.7. The summed E-state index contributed by atoms with van der Waals surface area (Å²) in [6.07, 6.45) is 4.66. The number of pyridine rings is 1. The van der Waals surface area contributed by atoms with Gasteiger partial charge in [0.1, 0.15) is 0 Å². The van der Waals surface area contributed by atoms with E-state index in [0.29, 0.717) is 6.79 Å². The van der Waals surface area contributed by atoms with Crippen LogP contribution in [0.5, 0.6) is 11.5 Å². The van der Waals surface area contributed by atoms with Gasteiger partial charge in [-0.1, -0.05) is 18.2 Å². The maximum Gasteiger partial charge on any atom is 0.248 e. The molecular formula is C20H24N2O3. The largest absolute Gasteiger partial charge is 0.454 e. The lowest BCUT2D eigenvalue weighted by molar-refractivity contribution is 0.168. The first-order valence-corrected chi connectivity index (χ1v) is 9.06. The normalized spacial score (nSPS) is 17.8. The first kappa shape index (κ1) is 16.2. The zero-order valence-electron chi connectivity index (χ0n) is 14.4. The van der Waals surface area contributed by atoms with Gasteiger partial charge in [0.25, 0.3) is 0 Å². The van der Waals surface area contributed by atoms with Crippen LogP contribution >= 0.6 is 0 Å². The fourth-order valence-electron chi connectivity index (χ4n) is 3.81. The minimum absolute atomic E-state index is 0.0195. The number of nitrogens with one attached hydrogen (secondary N) is 1. The van der Waals surface area contributed by atoms with E-state index < -0.39 is 0 Å². The minimum atomic E-state index is -0.0195. The highest BCUT2D eigenvalue weighted by molar-refractivity contribution is 5.48. The Balaban J connectivity index is 1.27. The maximum atomic E-state index is 11.4. The van der Waals surface area contributed by atoms with E-state index in [1.165, 1.54) is 24.8 Å². The van der Waals surface area contributed by atoms with Gasteiger partial charge in [0.2, 0.25) is 12.4 Å². The summed E-state index contributed by atoms with van der Waals surface area (Å²) in [6.45, 7) is 3.36. The molecule has 5 heteroatoms. The molecule has 3 heterocycles. The van der Waals surface area contributed by atoms with Crippen LogP contribution in [0.4, 0.5) is 0 Å². The SMILES string of the molecule is O=c1cccc(CN2CCC(CCc3cccc4c3OCO4)CC2)[nH]1. The fraction of sp³-hybridized carbons (Fsp3) is 0.450. The smallest absolute Gasteiger partial charge is 0.248 e. The number of rotatable bonds is 5. The van der Waals surface area contributed by atoms with Crippen molar-refractivity contribution in [1.29, 1.82) is 0 Å². The van der Waals surface area contributed by atoms with E-state index in [-0.39, 0.29) is 5.56 Å². The van der Waals surface area contributed by atoms with E-state index in [4.69, 9.17) is 9.47 Å². The van der Waals surface area contributed by atoms with Crippen molar-refractivity contribution in [3.63, 3.8) is 0 Å². The molecule has 0 saturated carbocycles. The number of H-pyrrole nitrogens is 1. The summed E-state index contributed by atoms with van der Waals surface area (Å²) in [4.78, 5) is 16.7. The summed E-state index contributed by atoms with van der Waals surface area (Å²) < 4.78 is 11.1. The van der Waals surface area contributed by atoms with Crippen molar-refractivity contribution in [1.82, 2.24) is 9.88 Å². The van der Waals surface area contributed by atoms with Crippen LogP contribution in [0.2, 0.25) is 0 Å². The summed E-state index contributed by atoms with van der Waals surface area (Å²) >= 11 is 0. The number of aryl methyl sites for hydroxylation is 1. The molecule has 5 nitrogen and oxygen atoms in total. The molecule has 0 amide bonds. The summed E-state index contributed by atoms with van der Waals surface area (Å²) in [5.74, 6) is 2.57. The lowest BCUT2D eigenvalue weighted by Crippen LogP contribution is -2.34. The highest BCUT2D eigenvalue weighted by Crippen LogP contribution is 2.36. The van der Waals surface area contributed by atoms with Crippen molar-refractivity contribution in [3.8, 4) is 11.5 Å². The average molecular weight is 340 g/mol. The standard InChI is InChI=1S/C20H24N2O3/c23-19-6-2-4-17(21-19)13-22-11-9-15(10-12-22)7-8-16-3-1-5-18-20(16)25-14-24-18/h1-6,15H,7-14H2,(H,21,23). The number of aromatic nitrogens is 1. The van der Waals surface area contributed by atoms with Gasteiger partial charge in [0.15, 0.2) is 11.5 Å². The van der Waals surface area contributed by atoms with Crippen molar-refractivity contribution in [2.75, 3.05) is 19.9 Å². The summed E-state index contributed by atoms with van der Waals surface area (Å²) in [5.41, 5.74) is 2.25. The van der Waals surface area contributed by atoms with Crippen LogP contribution in [-0.2, 0) is 13.0 Å². The fourth-order valence-corrected chi connectivity index (χ4v) is 3.81. The maximum absolute atomic E-state index is 11.4. The molecule has 132 valence electrons. The van der Waals surface area contributed by atoms with Crippen LogP contribution < -0.4 is 15.0 Å². The molecule has 0 spiro atoms. The zero-order valence-corrected chi connectivity index (χ0v) is 14.4. The van der Waals surface area contributed by atoms with Crippen molar-refractivity contribution in [2.24, 2.45) is 5.92 Å². The molecule has 1 N–H and O–H groups in total. The number of likely N-dealkylation sites (tertiary alicyclic amines) is 1. The molecule has 1 fully saturated rings. The molecule has 2 aliphatic rings. The van der Waals surface area contributed by atoms with E-state index in [9.17, 15) is 4.79 Å². The molecule has 0 bridgehead atoms. The predicted molar refractivity (Wildman–Crippen MR) is 95.9 cm³/mol. The molecule has 1 saturated heterocycles. The van der Waals surface area contributed by atoms with Crippen LogP contribution in [0, 0.1) is 5.92 Å². The Kier molecular flexibility index (Phi) is 4.74. The molecule has 4 rings (SSSR count). The Morgan fingerprint density at radius 3 is 2.76 bits per heavy atom. The van der Waals surface area contributed by atoms with Gasteiger partial charge in [-0.25, -0.2) is 0 Å². The van der Waals surface area contributed by atoms with Crippen LogP contribution in [0.15, 0.2) is 41.2 Å². The van der Waals surface area contributed by atoms with Gasteiger partial charge in [0.05, 0.1) is 0 Å². The van der Waals surface area contributed by atoms with Crippen molar-refractivity contribution >= 4 is 0 Å². The molecule has 2 aliphatic heterocycles. The lowest BCUT2D eigenvalue weighted by Gasteiger charge is -2.31. The zero-order chi connectivity index (χ0) is 17.1. The lowest BCUT2D eigenvalue weighted by atomic mass is 9.90. The molecule has 25 heavy (non-hydrogen) atoms. The second-order valence-corrected chi connectivity index (χ2v) is 6.95. The van der Waals surface area contributed by atoms with Crippen LogP contribution in [-0.4, -0.2) is 29.8 Å². The number of ether oxygens (including phenoxy) is 2. The van der Waals surface area contributed by atoms with Crippen molar-refractivity contribution in [2.45, 2.75) is 32.2 Å². The number of hydrogen-bond donors (Lipinski definition) is 1. The number of hydrogen-bond acceptors (Lipinski definition) is 4. The first-order chi connectivity index (χ1) is 12.3.